The molecule has 0 radical (unpaired) electrons. The summed E-state index contributed by atoms with van der Waals surface area (Å²) in [6.07, 6.45) is 0.409. The van der Waals surface area contributed by atoms with Gasteiger partial charge in [0.05, 0.1) is 0 Å². The van der Waals surface area contributed by atoms with E-state index >= 15 is 0 Å². The summed E-state index contributed by atoms with van der Waals surface area (Å²) in [6, 6.07) is 6.18. The monoisotopic (exact) mass is 224 g/mol. The Bertz CT molecular complexity index is 355. The lowest BCUT2D eigenvalue weighted by molar-refractivity contribution is -0.122. The highest BCUT2D eigenvalue weighted by Gasteiger charge is 2.06. The topological polar surface area (TPSA) is 55.1 Å². The first kappa shape index (κ1) is 12.6. The fourth-order valence-electron chi connectivity index (χ4n) is 1.32. The lowest BCUT2D eigenvalue weighted by Crippen LogP contribution is -2.26. The van der Waals surface area contributed by atoms with E-state index in [1.54, 1.807) is 12.1 Å². The number of amides is 1. The van der Waals surface area contributed by atoms with E-state index < -0.39 is 0 Å². The Morgan fingerprint density at radius 2 is 2.31 bits per heavy atom. The molecule has 1 aromatic rings. The first-order valence-electron chi connectivity index (χ1n) is 5.33. The maximum absolute atomic E-state index is 12.8. The molecule has 0 heterocycles. The van der Waals surface area contributed by atoms with Crippen LogP contribution in [0.2, 0.25) is 0 Å². The molecular weight excluding hydrogens is 207 g/mol. The SMILES string of the molecule is C[C@@H](CN)CC(=O)NCc1cccc(F)c1. The quantitative estimate of drug-likeness (QED) is 0.795. The van der Waals surface area contributed by atoms with Crippen LogP contribution >= 0.6 is 0 Å². The molecule has 4 heteroatoms. The van der Waals surface area contributed by atoms with Crippen molar-refractivity contribution in [2.75, 3.05) is 6.54 Å². The molecule has 0 saturated heterocycles. The van der Waals surface area contributed by atoms with Crippen molar-refractivity contribution in [3.63, 3.8) is 0 Å². The van der Waals surface area contributed by atoms with Crippen LogP contribution in [-0.4, -0.2) is 12.5 Å². The van der Waals surface area contributed by atoms with Crippen LogP contribution in [0.15, 0.2) is 24.3 Å². The van der Waals surface area contributed by atoms with Crippen LogP contribution in [0.4, 0.5) is 4.39 Å². The number of carbonyl (C=O) groups excluding carboxylic acids is 1. The van der Waals surface area contributed by atoms with Gasteiger partial charge in [-0.05, 0) is 30.2 Å². The van der Waals surface area contributed by atoms with Gasteiger partial charge in [0.15, 0.2) is 0 Å². The van der Waals surface area contributed by atoms with Crippen molar-refractivity contribution in [3.8, 4) is 0 Å². The molecule has 1 rings (SSSR count). The van der Waals surface area contributed by atoms with Crippen LogP contribution in [0.1, 0.15) is 18.9 Å². The number of benzene rings is 1. The van der Waals surface area contributed by atoms with E-state index in [0.29, 0.717) is 19.5 Å². The second-order valence-electron chi connectivity index (χ2n) is 3.95. The summed E-state index contributed by atoms with van der Waals surface area (Å²) in [7, 11) is 0. The third kappa shape index (κ3) is 4.40. The van der Waals surface area contributed by atoms with Crippen LogP contribution in [0.5, 0.6) is 0 Å². The Morgan fingerprint density at radius 3 is 2.94 bits per heavy atom. The molecular formula is C12H17FN2O. The zero-order valence-corrected chi connectivity index (χ0v) is 9.37. The Hall–Kier alpha value is -1.42. The van der Waals surface area contributed by atoms with Gasteiger partial charge in [-0.25, -0.2) is 4.39 Å². The van der Waals surface area contributed by atoms with Crippen molar-refractivity contribution in [3.05, 3.63) is 35.6 Å². The number of halogens is 1. The normalized spacial score (nSPS) is 12.2. The molecule has 0 aromatic heterocycles. The second kappa shape index (κ2) is 6.23. The van der Waals surface area contributed by atoms with Gasteiger partial charge in [-0.2, -0.15) is 0 Å². The Balaban J connectivity index is 2.37. The smallest absolute Gasteiger partial charge is 0.220 e. The van der Waals surface area contributed by atoms with Crippen molar-refractivity contribution >= 4 is 5.91 Å². The Kier molecular flexibility index (Phi) is 4.92. The zero-order chi connectivity index (χ0) is 12.0. The van der Waals surface area contributed by atoms with Gasteiger partial charge in [-0.1, -0.05) is 19.1 Å². The standard InChI is InChI=1S/C12H17FN2O/c1-9(7-14)5-12(16)15-8-10-3-2-4-11(13)6-10/h2-4,6,9H,5,7-8,14H2,1H3,(H,15,16)/t9-/m1/s1. The number of hydrogen-bond donors (Lipinski definition) is 2. The van der Waals surface area contributed by atoms with Gasteiger partial charge in [-0.3, -0.25) is 4.79 Å². The van der Waals surface area contributed by atoms with Crippen molar-refractivity contribution in [2.45, 2.75) is 19.9 Å². The summed E-state index contributed by atoms with van der Waals surface area (Å²) in [5.74, 6) is -0.170. The molecule has 88 valence electrons. The second-order valence-corrected chi connectivity index (χ2v) is 3.95. The summed E-state index contributed by atoms with van der Waals surface area (Å²) in [4.78, 5) is 11.4. The van der Waals surface area contributed by atoms with Crippen LogP contribution in [-0.2, 0) is 11.3 Å². The van der Waals surface area contributed by atoms with Gasteiger partial charge in [0.25, 0.3) is 0 Å². The fraction of sp³-hybridized carbons (Fsp3) is 0.417. The molecule has 1 amide bonds. The molecule has 0 aliphatic carbocycles. The summed E-state index contributed by atoms with van der Waals surface area (Å²) in [5, 5.41) is 2.73. The van der Waals surface area contributed by atoms with E-state index in [1.165, 1.54) is 12.1 Å². The molecule has 0 aliphatic heterocycles. The van der Waals surface area contributed by atoms with Crippen molar-refractivity contribution in [1.29, 1.82) is 0 Å². The molecule has 0 fully saturated rings. The van der Waals surface area contributed by atoms with E-state index in [1.807, 2.05) is 6.92 Å². The third-order valence-electron chi connectivity index (χ3n) is 2.31. The van der Waals surface area contributed by atoms with Crippen LogP contribution in [0.3, 0.4) is 0 Å². The molecule has 0 spiro atoms. The first-order valence-corrected chi connectivity index (χ1v) is 5.33. The van der Waals surface area contributed by atoms with Gasteiger partial charge in [0, 0.05) is 13.0 Å². The van der Waals surface area contributed by atoms with Crippen molar-refractivity contribution in [1.82, 2.24) is 5.32 Å². The highest BCUT2D eigenvalue weighted by molar-refractivity contribution is 5.76. The summed E-state index contributed by atoms with van der Waals surface area (Å²) < 4.78 is 12.8. The zero-order valence-electron chi connectivity index (χ0n) is 9.37. The highest BCUT2D eigenvalue weighted by Crippen LogP contribution is 2.04. The molecule has 16 heavy (non-hydrogen) atoms. The average Bonchev–Trinajstić information content (AvgIpc) is 2.26. The maximum atomic E-state index is 12.8. The largest absolute Gasteiger partial charge is 0.352 e. The molecule has 0 saturated carbocycles. The van der Waals surface area contributed by atoms with Gasteiger partial charge < -0.3 is 11.1 Å². The van der Waals surface area contributed by atoms with Crippen molar-refractivity contribution < 1.29 is 9.18 Å². The lowest BCUT2D eigenvalue weighted by atomic mass is 10.1. The molecule has 1 atom stereocenters. The molecule has 3 nitrogen and oxygen atoms in total. The number of rotatable bonds is 5. The molecule has 0 unspecified atom stereocenters. The lowest BCUT2D eigenvalue weighted by Gasteiger charge is -2.09. The Labute approximate surface area is 94.8 Å². The summed E-state index contributed by atoms with van der Waals surface area (Å²) >= 11 is 0. The maximum Gasteiger partial charge on any atom is 0.220 e. The van der Waals surface area contributed by atoms with Gasteiger partial charge in [0.2, 0.25) is 5.91 Å². The molecule has 0 bridgehead atoms. The highest BCUT2D eigenvalue weighted by atomic mass is 19.1. The number of nitrogens with two attached hydrogens (primary N) is 1. The first-order chi connectivity index (χ1) is 7.61. The van der Waals surface area contributed by atoms with Crippen LogP contribution in [0, 0.1) is 11.7 Å². The minimum atomic E-state index is -0.290. The number of carbonyl (C=O) groups is 1. The predicted molar refractivity (Wildman–Crippen MR) is 61.1 cm³/mol. The molecule has 1 aromatic carbocycles. The van der Waals surface area contributed by atoms with Crippen molar-refractivity contribution in [2.24, 2.45) is 11.7 Å². The van der Waals surface area contributed by atoms with E-state index in [4.69, 9.17) is 5.73 Å². The minimum absolute atomic E-state index is 0.0535. The van der Waals surface area contributed by atoms with Gasteiger partial charge >= 0.3 is 0 Å². The number of hydrogen-bond acceptors (Lipinski definition) is 2. The molecule has 0 aliphatic rings. The minimum Gasteiger partial charge on any atom is -0.352 e. The Morgan fingerprint density at radius 1 is 1.56 bits per heavy atom. The summed E-state index contributed by atoms with van der Waals surface area (Å²) in [6.45, 7) is 2.77. The third-order valence-corrected chi connectivity index (χ3v) is 2.31. The van der Waals surface area contributed by atoms with Gasteiger partial charge in [0.1, 0.15) is 5.82 Å². The van der Waals surface area contributed by atoms with Gasteiger partial charge in [-0.15, -0.1) is 0 Å². The van der Waals surface area contributed by atoms with E-state index in [2.05, 4.69) is 5.32 Å². The van der Waals surface area contributed by atoms with E-state index in [-0.39, 0.29) is 17.6 Å². The molecule has 3 N–H and O–H groups in total. The average molecular weight is 224 g/mol. The fourth-order valence-corrected chi connectivity index (χ4v) is 1.32. The summed E-state index contributed by atoms with van der Waals surface area (Å²) in [5.41, 5.74) is 6.18. The van der Waals surface area contributed by atoms with Crippen LogP contribution < -0.4 is 11.1 Å². The van der Waals surface area contributed by atoms with E-state index in [0.717, 1.165) is 5.56 Å². The predicted octanol–water partition coefficient (Wildman–Crippen LogP) is 1.43. The number of nitrogens with one attached hydrogen (secondary N) is 1. The van der Waals surface area contributed by atoms with E-state index in [9.17, 15) is 9.18 Å². The van der Waals surface area contributed by atoms with Crippen LogP contribution in [0.25, 0.3) is 0 Å².